The molecule has 3 fully saturated rings. The smallest absolute Gasteiger partial charge is 0.174 e. The van der Waals surface area contributed by atoms with Gasteiger partial charge in [0.1, 0.15) is 5.60 Å². The van der Waals surface area contributed by atoms with Crippen molar-refractivity contribution in [3.63, 3.8) is 0 Å². The standard InChI is InChI=1S/C25H38O3S/c1-22(2,3)29-15-21(27)25(28)13-10-20-18-7-6-16-14-17(26)8-11-23(16,4)19(18)9-12-24(20,25)5/h14,18-20,28H,6-13,15H2,1-5H3/t18-,19+,20-,23+,24+,25+/m1/s1. The Balaban J connectivity index is 1.58. The number of aliphatic hydroxyl groups is 1. The van der Waals surface area contributed by atoms with Crippen molar-refractivity contribution in [1.29, 1.82) is 0 Å². The molecule has 0 aliphatic heterocycles. The molecular formula is C25H38O3S. The van der Waals surface area contributed by atoms with Crippen molar-refractivity contribution >= 4 is 23.3 Å². The van der Waals surface area contributed by atoms with Crippen molar-refractivity contribution < 1.29 is 14.7 Å². The largest absolute Gasteiger partial charge is 0.381 e. The van der Waals surface area contributed by atoms with Gasteiger partial charge < -0.3 is 5.11 Å². The van der Waals surface area contributed by atoms with E-state index in [2.05, 4.69) is 34.6 Å². The highest BCUT2D eigenvalue weighted by Crippen LogP contribution is 2.67. The first-order chi connectivity index (χ1) is 13.4. The molecule has 162 valence electrons. The Morgan fingerprint density at radius 2 is 1.79 bits per heavy atom. The molecule has 0 saturated heterocycles. The van der Waals surface area contributed by atoms with Gasteiger partial charge in [0, 0.05) is 16.6 Å². The molecule has 3 saturated carbocycles. The third-order valence-corrected chi connectivity index (χ3v) is 10.5. The molecule has 0 spiro atoms. The van der Waals surface area contributed by atoms with Gasteiger partial charge in [-0.05, 0) is 74.2 Å². The van der Waals surface area contributed by atoms with Crippen molar-refractivity contribution in [3.8, 4) is 0 Å². The molecule has 0 amide bonds. The fourth-order valence-electron chi connectivity index (χ4n) is 7.43. The number of hydrogen-bond acceptors (Lipinski definition) is 4. The number of carbonyl (C=O) groups is 2. The fourth-order valence-corrected chi connectivity index (χ4v) is 8.24. The number of rotatable bonds is 3. The van der Waals surface area contributed by atoms with Crippen LogP contribution < -0.4 is 0 Å². The molecule has 6 atom stereocenters. The van der Waals surface area contributed by atoms with E-state index in [0.717, 1.165) is 38.5 Å². The second-order valence-electron chi connectivity index (χ2n) is 11.6. The zero-order valence-electron chi connectivity index (χ0n) is 18.8. The van der Waals surface area contributed by atoms with E-state index in [0.29, 0.717) is 42.1 Å². The SMILES string of the molecule is CC(C)(C)SCC(=O)[C@@]1(O)CC[C@@H]2[C@@H]3CCC4=CC(=O)CC[C@]4(C)[C@H]3CC[C@@]21C. The van der Waals surface area contributed by atoms with Crippen LogP contribution in [0.4, 0.5) is 0 Å². The number of ketones is 2. The van der Waals surface area contributed by atoms with Crippen LogP contribution in [-0.2, 0) is 9.59 Å². The lowest BCUT2D eigenvalue weighted by Crippen LogP contribution is -2.58. The number of allylic oxidation sites excluding steroid dienone is 1. The van der Waals surface area contributed by atoms with E-state index in [9.17, 15) is 14.7 Å². The Kier molecular flexibility index (Phi) is 5.18. The summed E-state index contributed by atoms with van der Waals surface area (Å²) in [6, 6.07) is 0. The van der Waals surface area contributed by atoms with Crippen LogP contribution in [0.1, 0.15) is 86.0 Å². The quantitative estimate of drug-likeness (QED) is 0.671. The van der Waals surface area contributed by atoms with E-state index in [1.807, 2.05) is 6.08 Å². The molecule has 0 unspecified atom stereocenters. The third kappa shape index (κ3) is 3.28. The van der Waals surface area contributed by atoms with Gasteiger partial charge in [0.2, 0.25) is 0 Å². The van der Waals surface area contributed by atoms with Gasteiger partial charge in [-0.25, -0.2) is 0 Å². The Bertz CT molecular complexity index is 750. The van der Waals surface area contributed by atoms with Crippen molar-refractivity contribution in [1.82, 2.24) is 0 Å². The molecule has 0 aromatic heterocycles. The molecule has 4 rings (SSSR count). The van der Waals surface area contributed by atoms with Gasteiger partial charge >= 0.3 is 0 Å². The first-order valence-electron chi connectivity index (χ1n) is 11.5. The second kappa shape index (κ2) is 6.95. The summed E-state index contributed by atoms with van der Waals surface area (Å²) >= 11 is 1.65. The van der Waals surface area contributed by atoms with Gasteiger partial charge in [-0.3, -0.25) is 9.59 Å². The lowest BCUT2D eigenvalue weighted by atomic mass is 9.46. The highest BCUT2D eigenvalue weighted by molar-refractivity contribution is 8.01. The zero-order valence-corrected chi connectivity index (χ0v) is 19.7. The number of thioether (sulfide) groups is 1. The minimum Gasteiger partial charge on any atom is -0.381 e. The predicted octanol–water partition coefficient (Wildman–Crippen LogP) is 5.35. The van der Waals surface area contributed by atoms with Crippen LogP contribution in [0, 0.1) is 28.6 Å². The van der Waals surface area contributed by atoms with Crippen LogP contribution in [0.5, 0.6) is 0 Å². The molecule has 0 bridgehead atoms. The lowest BCUT2D eigenvalue weighted by molar-refractivity contribution is -0.159. The maximum Gasteiger partial charge on any atom is 0.174 e. The van der Waals surface area contributed by atoms with Crippen LogP contribution in [-0.4, -0.2) is 32.8 Å². The molecule has 3 nitrogen and oxygen atoms in total. The van der Waals surface area contributed by atoms with Crippen LogP contribution in [0.3, 0.4) is 0 Å². The van der Waals surface area contributed by atoms with Crippen LogP contribution in [0.15, 0.2) is 11.6 Å². The lowest BCUT2D eigenvalue weighted by Gasteiger charge is -2.58. The Morgan fingerprint density at radius 3 is 2.48 bits per heavy atom. The summed E-state index contributed by atoms with van der Waals surface area (Å²) < 4.78 is 0.0295. The highest BCUT2D eigenvalue weighted by Gasteiger charge is 2.66. The first-order valence-corrected chi connectivity index (χ1v) is 12.5. The van der Waals surface area contributed by atoms with E-state index in [1.165, 1.54) is 5.57 Å². The van der Waals surface area contributed by atoms with Gasteiger partial charge in [0.15, 0.2) is 11.6 Å². The minimum atomic E-state index is -1.17. The van der Waals surface area contributed by atoms with E-state index >= 15 is 0 Å². The predicted molar refractivity (Wildman–Crippen MR) is 119 cm³/mol. The molecule has 4 heteroatoms. The second-order valence-corrected chi connectivity index (χ2v) is 13.5. The molecule has 4 aliphatic rings. The van der Waals surface area contributed by atoms with E-state index < -0.39 is 5.60 Å². The van der Waals surface area contributed by atoms with Gasteiger partial charge in [0.25, 0.3) is 0 Å². The summed E-state index contributed by atoms with van der Waals surface area (Å²) in [6.07, 6.45) is 9.33. The minimum absolute atomic E-state index is 0.0295. The summed E-state index contributed by atoms with van der Waals surface area (Å²) in [5.41, 5.74) is 0.0569. The summed E-state index contributed by atoms with van der Waals surface area (Å²) in [7, 11) is 0. The summed E-state index contributed by atoms with van der Waals surface area (Å²) in [5.74, 6) is 2.34. The van der Waals surface area contributed by atoms with Crippen molar-refractivity contribution in [3.05, 3.63) is 11.6 Å². The normalized spacial score (nSPS) is 44.6. The molecule has 1 N–H and O–H groups in total. The third-order valence-electron chi connectivity index (χ3n) is 9.21. The Hall–Kier alpha value is -0.610. The van der Waals surface area contributed by atoms with Gasteiger partial charge in [-0.1, -0.05) is 40.2 Å². The van der Waals surface area contributed by atoms with Gasteiger partial charge in [-0.15, -0.1) is 11.8 Å². The van der Waals surface area contributed by atoms with Crippen LogP contribution in [0.25, 0.3) is 0 Å². The van der Waals surface area contributed by atoms with Gasteiger partial charge in [-0.2, -0.15) is 0 Å². The number of hydrogen-bond donors (Lipinski definition) is 1. The molecular weight excluding hydrogens is 380 g/mol. The molecule has 0 aromatic rings. The zero-order chi connectivity index (χ0) is 21.2. The number of fused-ring (bicyclic) bond motifs is 5. The fraction of sp³-hybridized carbons (Fsp3) is 0.840. The molecule has 4 aliphatic carbocycles. The molecule has 0 heterocycles. The van der Waals surface area contributed by atoms with Crippen LogP contribution in [0.2, 0.25) is 0 Å². The topological polar surface area (TPSA) is 54.4 Å². The van der Waals surface area contributed by atoms with Crippen molar-refractivity contribution in [2.45, 2.75) is 96.3 Å². The number of Topliss-reactive ketones (excluding diaryl/α,β-unsaturated/α-hetero) is 1. The van der Waals surface area contributed by atoms with E-state index in [1.54, 1.807) is 11.8 Å². The molecule has 0 radical (unpaired) electrons. The Labute approximate surface area is 180 Å². The average Bonchev–Trinajstić information content (AvgIpc) is 2.92. The molecule has 0 aromatic carbocycles. The maximum absolute atomic E-state index is 13.2. The summed E-state index contributed by atoms with van der Waals surface area (Å²) in [6.45, 7) is 11.0. The monoisotopic (exact) mass is 418 g/mol. The summed E-state index contributed by atoms with van der Waals surface area (Å²) in [4.78, 5) is 25.2. The average molecular weight is 419 g/mol. The van der Waals surface area contributed by atoms with E-state index in [-0.39, 0.29) is 21.4 Å². The first kappa shape index (κ1) is 21.6. The summed E-state index contributed by atoms with van der Waals surface area (Å²) in [5, 5.41) is 11.7. The molecule has 29 heavy (non-hydrogen) atoms. The van der Waals surface area contributed by atoms with Crippen molar-refractivity contribution in [2.75, 3.05) is 5.75 Å². The highest BCUT2D eigenvalue weighted by atomic mass is 32.2. The maximum atomic E-state index is 13.2. The van der Waals surface area contributed by atoms with Crippen LogP contribution >= 0.6 is 11.8 Å². The number of carbonyl (C=O) groups excluding carboxylic acids is 2. The van der Waals surface area contributed by atoms with E-state index in [4.69, 9.17) is 0 Å². The van der Waals surface area contributed by atoms with Gasteiger partial charge in [0.05, 0.1) is 5.75 Å². The van der Waals surface area contributed by atoms with Crippen molar-refractivity contribution in [2.24, 2.45) is 28.6 Å². The Morgan fingerprint density at radius 1 is 1.10 bits per heavy atom.